The largest absolute Gasteiger partial charge is 0.299 e. The van der Waals surface area contributed by atoms with Gasteiger partial charge < -0.3 is 0 Å². The number of hydrogen-bond acceptors (Lipinski definition) is 0. The first-order valence-electron chi connectivity index (χ1n) is 5.19. The van der Waals surface area contributed by atoms with Gasteiger partial charge in [-0.2, -0.15) is 0 Å². The molecule has 0 saturated carbocycles. The molecule has 0 rings (SSSR count). The predicted molar refractivity (Wildman–Crippen MR) is 60.2 cm³/mol. The van der Waals surface area contributed by atoms with E-state index < -0.39 is 0 Å². The maximum absolute atomic E-state index is 3.94. The summed E-state index contributed by atoms with van der Waals surface area (Å²) in [4.78, 5) is 0. The van der Waals surface area contributed by atoms with Crippen molar-refractivity contribution in [2.75, 3.05) is 0 Å². The van der Waals surface area contributed by atoms with Crippen molar-refractivity contribution in [3.05, 3.63) is 39.5 Å². The summed E-state index contributed by atoms with van der Waals surface area (Å²) in [5.41, 5.74) is 0. The molecule has 0 aliphatic rings. The van der Waals surface area contributed by atoms with Gasteiger partial charge in [0.25, 0.3) is 0 Å². The van der Waals surface area contributed by atoms with E-state index in [1.165, 1.54) is 5.92 Å². The van der Waals surface area contributed by atoms with Crippen molar-refractivity contribution < 1.29 is 0 Å². The molecule has 0 N–H and O–H groups in total. The van der Waals surface area contributed by atoms with Crippen LogP contribution in [0.15, 0.2) is 0 Å². The molecule has 0 aliphatic carbocycles. The van der Waals surface area contributed by atoms with Crippen LogP contribution >= 0.6 is 0 Å². The van der Waals surface area contributed by atoms with E-state index in [2.05, 4.69) is 33.6 Å². The van der Waals surface area contributed by atoms with Crippen LogP contribution in [0.2, 0.25) is 0 Å². The molecule has 0 atom stereocenters. The minimum Gasteiger partial charge on any atom is -0.299 e. The zero-order chi connectivity index (χ0) is 9.94. The second-order valence-electron chi connectivity index (χ2n) is 3.27. The molecule has 0 heterocycles. The van der Waals surface area contributed by atoms with Gasteiger partial charge in [-0.3, -0.25) is 19.8 Å². The summed E-state index contributed by atoms with van der Waals surface area (Å²) in [7, 11) is 0. The minimum absolute atomic E-state index is 0.960. The molecule has 0 nitrogen and oxygen atoms in total. The highest BCUT2D eigenvalue weighted by Crippen LogP contribution is 2.21. The van der Waals surface area contributed by atoms with E-state index in [-0.39, 0.29) is 0 Å². The van der Waals surface area contributed by atoms with Gasteiger partial charge in [0.2, 0.25) is 0 Å². The van der Waals surface area contributed by atoms with Crippen LogP contribution in [-0.2, 0) is 0 Å². The summed E-state index contributed by atoms with van der Waals surface area (Å²) in [6.45, 7) is 11.6. The van der Waals surface area contributed by atoms with Crippen LogP contribution in [0.5, 0.6) is 0 Å². The van der Waals surface area contributed by atoms with Gasteiger partial charge in [-0.05, 0) is 25.2 Å². The third-order valence-corrected chi connectivity index (χ3v) is 2.04. The summed E-state index contributed by atoms with van der Waals surface area (Å²) >= 11 is 0. The maximum atomic E-state index is 3.94. The lowest BCUT2D eigenvalue weighted by Crippen LogP contribution is -1.97. The first-order chi connectivity index (χ1) is 6.35. The van der Waals surface area contributed by atoms with Crippen LogP contribution in [-0.4, -0.2) is 0 Å². The minimum atomic E-state index is 0.960. The van der Waals surface area contributed by atoms with Gasteiger partial charge in [0.1, 0.15) is 0 Å². The van der Waals surface area contributed by atoms with Crippen molar-refractivity contribution in [3.8, 4) is 0 Å². The third kappa shape index (κ3) is 7.95. The first-order valence-corrected chi connectivity index (χ1v) is 5.19. The number of unbranched alkanes of at least 4 members (excludes halogenated alkanes) is 4. The van der Waals surface area contributed by atoms with Crippen molar-refractivity contribution in [2.45, 2.75) is 44.9 Å². The molecular formula is C13H22. The summed E-state index contributed by atoms with van der Waals surface area (Å²) in [6.07, 6.45) is 12.1. The Kier molecular flexibility index (Phi) is 9.41. The van der Waals surface area contributed by atoms with Crippen molar-refractivity contribution >= 4 is 0 Å². The molecule has 0 unspecified atom stereocenters. The van der Waals surface area contributed by atoms with E-state index in [0.29, 0.717) is 0 Å². The van der Waals surface area contributed by atoms with Crippen molar-refractivity contribution in [1.29, 1.82) is 0 Å². The second kappa shape index (κ2) is 9.70. The summed E-state index contributed by atoms with van der Waals surface area (Å²) in [5.74, 6) is 1.53. The second-order valence-corrected chi connectivity index (χ2v) is 3.27. The average Bonchev–Trinajstić information content (AvgIpc) is 2.16. The molecule has 0 aliphatic heterocycles. The molecule has 0 bridgehead atoms. The zero-order valence-electron chi connectivity index (χ0n) is 8.73. The molecular weight excluding hydrogens is 156 g/mol. The molecule has 0 radical (unpaired) electrons. The normalized spacial score (nSPS) is 10.2. The Hall–Kier alpha value is -0.390. The highest BCUT2D eigenvalue weighted by molar-refractivity contribution is 4.98. The van der Waals surface area contributed by atoms with Gasteiger partial charge >= 0.3 is 0 Å². The van der Waals surface area contributed by atoms with E-state index in [1.807, 2.05) is 0 Å². The Bertz CT molecular complexity index is 76.0. The van der Waals surface area contributed by atoms with Crippen LogP contribution < -0.4 is 0 Å². The lowest BCUT2D eigenvalue weighted by molar-refractivity contribution is 0.735. The summed E-state index contributed by atoms with van der Waals surface area (Å²) in [5, 5.41) is 0. The van der Waals surface area contributed by atoms with Crippen LogP contribution in [0.4, 0.5) is 0 Å². The lowest BCUT2D eigenvalue weighted by Gasteiger charge is -2.17. The average molecular weight is 178 g/mol. The first kappa shape index (κ1) is 12.6. The van der Waals surface area contributed by atoms with E-state index in [0.717, 1.165) is 44.9 Å². The van der Waals surface area contributed by atoms with Crippen LogP contribution in [0.1, 0.15) is 44.9 Å². The quantitative estimate of drug-likeness (QED) is 0.366. The fourth-order valence-corrected chi connectivity index (χ4v) is 1.19. The summed E-state index contributed by atoms with van der Waals surface area (Å²) < 4.78 is 0. The molecule has 0 aromatic heterocycles. The van der Waals surface area contributed by atoms with Gasteiger partial charge in [0.15, 0.2) is 0 Å². The monoisotopic (exact) mass is 178 g/mol. The van der Waals surface area contributed by atoms with Gasteiger partial charge in [-0.1, -0.05) is 0 Å². The van der Waals surface area contributed by atoms with Crippen molar-refractivity contribution in [1.82, 2.24) is 0 Å². The fourth-order valence-electron chi connectivity index (χ4n) is 1.19. The highest BCUT2D eigenvalue weighted by Gasteiger charge is 2.02. The molecule has 0 fully saturated rings. The standard InChI is InChI=1S/C13H22/c1-4-7-9-11-13(6-3)12-10-8-5-2/h9-10H,1-8,11-12H2. The van der Waals surface area contributed by atoms with E-state index >= 15 is 0 Å². The molecule has 0 amide bonds. The van der Waals surface area contributed by atoms with Crippen LogP contribution in [0, 0.1) is 39.5 Å². The Balaban J connectivity index is 3.28. The Labute approximate surface area is 85.1 Å². The van der Waals surface area contributed by atoms with Crippen LogP contribution in [0.3, 0.4) is 0 Å². The molecule has 0 saturated heterocycles. The van der Waals surface area contributed by atoms with E-state index in [9.17, 15) is 0 Å². The Morgan fingerprint density at radius 1 is 1.00 bits per heavy atom. The fraction of sp³-hybridized carbons (Fsp3) is 0.538. The van der Waals surface area contributed by atoms with Crippen LogP contribution in [0.25, 0.3) is 0 Å². The number of hydrogen-bond donors (Lipinski definition) is 0. The predicted octanol–water partition coefficient (Wildman–Crippen LogP) is 4.20. The molecule has 0 aromatic rings. The maximum Gasteiger partial charge on any atom is 0.0587 e. The summed E-state index contributed by atoms with van der Waals surface area (Å²) in [6, 6.07) is 0. The van der Waals surface area contributed by atoms with E-state index in [4.69, 9.17) is 0 Å². The Morgan fingerprint density at radius 2 is 1.46 bits per heavy atom. The molecule has 13 heavy (non-hydrogen) atoms. The van der Waals surface area contributed by atoms with Gasteiger partial charge in [0.05, 0.1) is 26.7 Å². The smallest absolute Gasteiger partial charge is 0.0587 e. The topological polar surface area (TPSA) is 0 Å². The van der Waals surface area contributed by atoms with Gasteiger partial charge in [-0.25, -0.2) is 0 Å². The van der Waals surface area contributed by atoms with Gasteiger partial charge in [0, 0.05) is 0 Å². The van der Waals surface area contributed by atoms with Crippen molar-refractivity contribution in [3.63, 3.8) is 0 Å². The zero-order valence-corrected chi connectivity index (χ0v) is 8.73. The third-order valence-electron chi connectivity index (χ3n) is 2.04. The van der Waals surface area contributed by atoms with E-state index in [1.54, 1.807) is 0 Å². The van der Waals surface area contributed by atoms with Crippen molar-refractivity contribution in [2.24, 2.45) is 0 Å². The Morgan fingerprint density at radius 3 is 1.77 bits per heavy atom. The van der Waals surface area contributed by atoms with Gasteiger partial charge in [-0.15, -0.1) is 12.8 Å². The molecule has 0 heteroatoms. The molecule has 0 aromatic carbocycles. The molecule has 74 valence electrons. The highest BCUT2D eigenvalue weighted by atomic mass is 14.1. The molecule has 0 spiro atoms. The SMILES string of the molecule is [CH2+]CC[CH-]C[C+](C[CH2-])C[CH-]CC[CH2+]. The number of rotatable bonds is 9. The lowest BCUT2D eigenvalue weighted by atomic mass is 9.93.